The highest BCUT2D eigenvalue weighted by Gasteiger charge is 2.21. The minimum Gasteiger partial charge on any atom is -0.459 e. The lowest BCUT2D eigenvalue weighted by molar-refractivity contribution is 0.0648. The highest BCUT2D eigenvalue weighted by molar-refractivity contribution is 5.42. The van der Waals surface area contributed by atoms with Crippen molar-refractivity contribution in [3.05, 3.63) is 54.4 Å². The van der Waals surface area contributed by atoms with Crippen molar-refractivity contribution >= 4 is 0 Å². The molecule has 1 aliphatic heterocycles. The van der Waals surface area contributed by atoms with Crippen LogP contribution in [0.4, 0.5) is 0 Å². The molecule has 0 aromatic carbocycles. The molecule has 130 valence electrons. The average molecular weight is 340 g/mol. The van der Waals surface area contributed by atoms with Gasteiger partial charge in [-0.1, -0.05) is 6.07 Å². The number of ether oxygens (including phenoxy) is 1. The lowest BCUT2D eigenvalue weighted by atomic mass is 10.2. The molecule has 0 saturated carbocycles. The van der Waals surface area contributed by atoms with Gasteiger partial charge in [0.1, 0.15) is 0 Å². The zero-order valence-electron chi connectivity index (χ0n) is 13.9. The number of hydrogen-bond donors (Lipinski definition) is 0. The smallest absolute Gasteiger partial charge is 0.283 e. The van der Waals surface area contributed by atoms with Gasteiger partial charge in [-0.3, -0.25) is 9.88 Å². The first kappa shape index (κ1) is 16.0. The minimum absolute atomic E-state index is 0.254. The molecular formula is C18H20N4O3. The van der Waals surface area contributed by atoms with Crippen molar-refractivity contribution < 1.29 is 13.6 Å². The molecule has 3 aromatic rings. The Morgan fingerprint density at radius 2 is 2.16 bits per heavy atom. The van der Waals surface area contributed by atoms with Gasteiger partial charge in [0.05, 0.1) is 18.9 Å². The number of nitrogens with zero attached hydrogens (tertiary/aromatic N) is 4. The second-order valence-corrected chi connectivity index (χ2v) is 6.14. The van der Waals surface area contributed by atoms with Crippen LogP contribution in [0.5, 0.6) is 0 Å². The van der Waals surface area contributed by atoms with Gasteiger partial charge < -0.3 is 13.6 Å². The molecule has 0 bridgehead atoms. The van der Waals surface area contributed by atoms with Gasteiger partial charge in [-0.25, -0.2) is 0 Å². The lowest BCUT2D eigenvalue weighted by Crippen LogP contribution is -2.31. The van der Waals surface area contributed by atoms with Crippen LogP contribution in [0.1, 0.15) is 24.3 Å². The summed E-state index contributed by atoms with van der Waals surface area (Å²) in [7, 11) is 0. The van der Waals surface area contributed by atoms with E-state index >= 15 is 0 Å². The molecule has 0 amide bonds. The van der Waals surface area contributed by atoms with Gasteiger partial charge in [-0.2, -0.15) is 0 Å². The van der Waals surface area contributed by atoms with Crippen LogP contribution < -0.4 is 0 Å². The van der Waals surface area contributed by atoms with Gasteiger partial charge in [-0.05, 0) is 36.6 Å². The Morgan fingerprint density at radius 1 is 1.16 bits per heavy atom. The van der Waals surface area contributed by atoms with Gasteiger partial charge in [-0.15, -0.1) is 10.2 Å². The van der Waals surface area contributed by atoms with Crippen molar-refractivity contribution in [1.29, 1.82) is 0 Å². The van der Waals surface area contributed by atoms with E-state index < -0.39 is 0 Å². The Hall–Kier alpha value is -2.51. The fourth-order valence-corrected chi connectivity index (χ4v) is 3.02. The van der Waals surface area contributed by atoms with Crippen molar-refractivity contribution in [1.82, 2.24) is 20.1 Å². The summed E-state index contributed by atoms with van der Waals surface area (Å²) in [6, 6.07) is 7.61. The highest BCUT2D eigenvalue weighted by Crippen LogP contribution is 2.20. The zero-order chi connectivity index (χ0) is 16.9. The van der Waals surface area contributed by atoms with E-state index in [1.165, 1.54) is 0 Å². The SMILES string of the molecule is c1cncc(CN(Cc2nnc(-c3ccco3)o2)CC2CCCO2)c1. The Morgan fingerprint density at radius 3 is 2.92 bits per heavy atom. The first-order chi connectivity index (χ1) is 12.4. The normalized spacial score (nSPS) is 17.4. The van der Waals surface area contributed by atoms with Gasteiger partial charge in [0.15, 0.2) is 5.76 Å². The van der Waals surface area contributed by atoms with E-state index in [1.807, 2.05) is 12.3 Å². The Kier molecular flexibility index (Phi) is 4.85. The van der Waals surface area contributed by atoms with Gasteiger partial charge in [0.2, 0.25) is 5.89 Å². The van der Waals surface area contributed by atoms with Crippen LogP contribution in [-0.4, -0.2) is 39.3 Å². The molecule has 0 aliphatic carbocycles. The van der Waals surface area contributed by atoms with Crippen LogP contribution in [0, 0.1) is 0 Å². The van der Waals surface area contributed by atoms with Crippen molar-refractivity contribution in [3.63, 3.8) is 0 Å². The maximum atomic E-state index is 5.78. The fourth-order valence-electron chi connectivity index (χ4n) is 3.02. The van der Waals surface area contributed by atoms with Crippen LogP contribution in [0.2, 0.25) is 0 Å². The molecule has 0 radical (unpaired) electrons. The van der Waals surface area contributed by atoms with Crippen molar-refractivity contribution in [3.8, 4) is 11.7 Å². The largest absolute Gasteiger partial charge is 0.459 e. The molecule has 7 heteroatoms. The lowest BCUT2D eigenvalue weighted by Gasteiger charge is -2.23. The standard InChI is InChI=1S/C18H20N4O3/c1-4-14(10-19-7-1)11-22(12-15-5-2-8-23-15)13-17-20-21-18(25-17)16-6-3-9-24-16/h1,3-4,6-7,9-10,15H,2,5,8,11-13H2. The second-order valence-electron chi connectivity index (χ2n) is 6.14. The van der Waals surface area contributed by atoms with E-state index in [0.717, 1.165) is 38.1 Å². The third-order valence-electron chi connectivity index (χ3n) is 4.17. The minimum atomic E-state index is 0.254. The zero-order valence-corrected chi connectivity index (χ0v) is 13.9. The van der Waals surface area contributed by atoms with E-state index in [2.05, 4.69) is 26.1 Å². The number of pyridine rings is 1. The van der Waals surface area contributed by atoms with E-state index in [1.54, 1.807) is 24.6 Å². The second kappa shape index (κ2) is 7.58. The van der Waals surface area contributed by atoms with Gasteiger partial charge in [0.25, 0.3) is 5.89 Å². The summed E-state index contributed by atoms with van der Waals surface area (Å²) in [5.41, 5.74) is 1.14. The fraction of sp³-hybridized carbons (Fsp3) is 0.389. The van der Waals surface area contributed by atoms with Crippen LogP contribution in [-0.2, 0) is 17.8 Å². The molecule has 4 heterocycles. The van der Waals surface area contributed by atoms with E-state index in [4.69, 9.17) is 13.6 Å². The number of furan rings is 1. The van der Waals surface area contributed by atoms with E-state index in [-0.39, 0.29) is 6.10 Å². The summed E-state index contributed by atoms with van der Waals surface area (Å²) in [6.45, 7) is 2.98. The van der Waals surface area contributed by atoms with E-state index in [9.17, 15) is 0 Å². The van der Waals surface area contributed by atoms with Crippen molar-refractivity contribution in [2.24, 2.45) is 0 Å². The molecular weight excluding hydrogens is 320 g/mol. The quantitative estimate of drug-likeness (QED) is 0.654. The summed E-state index contributed by atoms with van der Waals surface area (Å²) < 4.78 is 16.8. The molecule has 7 nitrogen and oxygen atoms in total. The molecule has 0 spiro atoms. The summed E-state index contributed by atoms with van der Waals surface area (Å²) >= 11 is 0. The average Bonchev–Trinajstić information content (AvgIpc) is 3.38. The van der Waals surface area contributed by atoms with Gasteiger partial charge >= 0.3 is 0 Å². The number of rotatable bonds is 7. The Labute approximate surface area is 145 Å². The molecule has 25 heavy (non-hydrogen) atoms. The maximum Gasteiger partial charge on any atom is 0.283 e. The monoisotopic (exact) mass is 340 g/mol. The molecule has 3 aromatic heterocycles. The molecule has 0 N–H and O–H groups in total. The van der Waals surface area contributed by atoms with Crippen LogP contribution >= 0.6 is 0 Å². The van der Waals surface area contributed by atoms with Crippen molar-refractivity contribution in [2.45, 2.75) is 32.0 Å². The van der Waals surface area contributed by atoms with Gasteiger partial charge in [0, 0.05) is 32.1 Å². The summed E-state index contributed by atoms with van der Waals surface area (Å²) in [4.78, 5) is 6.45. The third-order valence-corrected chi connectivity index (χ3v) is 4.17. The molecule has 1 unspecified atom stereocenters. The predicted octanol–water partition coefficient (Wildman–Crippen LogP) is 2.91. The van der Waals surface area contributed by atoms with Crippen LogP contribution in [0.15, 0.2) is 51.8 Å². The summed E-state index contributed by atoms with van der Waals surface area (Å²) in [5.74, 6) is 1.54. The van der Waals surface area contributed by atoms with E-state index in [0.29, 0.717) is 24.1 Å². The first-order valence-corrected chi connectivity index (χ1v) is 8.46. The maximum absolute atomic E-state index is 5.78. The Bertz CT molecular complexity index is 767. The number of aromatic nitrogens is 3. The molecule has 1 atom stereocenters. The summed E-state index contributed by atoms with van der Waals surface area (Å²) in [5, 5.41) is 8.22. The number of hydrogen-bond acceptors (Lipinski definition) is 7. The molecule has 4 rings (SSSR count). The third kappa shape index (κ3) is 4.12. The topological polar surface area (TPSA) is 77.4 Å². The molecule has 1 fully saturated rings. The Balaban J connectivity index is 1.47. The molecule has 1 saturated heterocycles. The predicted molar refractivity (Wildman–Crippen MR) is 89.3 cm³/mol. The first-order valence-electron chi connectivity index (χ1n) is 8.46. The summed E-state index contributed by atoms with van der Waals surface area (Å²) in [6.07, 6.45) is 7.71. The highest BCUT2D eigenvalue weighted by atomic mass is 16.5. The molecule has 1 aliphatic rings. The van der Waals surface area contributed by atoms with Crippen molar-refractivity contribution in [2.75, 3.05) is 13.2 Å². The van der Waals surface area contributed by atoms with Crippen LogP contribution in [0.3, 0.4) is 0 Å². The van der Waals surface area contributed by atoms with Crippen LogP contribution in [0.25, 0.3) is 11.7 Å².